The Morgan fingerprint density at radius 2 is 1.32 bits per heavy atom. The SMILES string of the molecule is CCCCC(CC)COP(=O)(C=N)OCC(CC)CCCC. The Labute approximate surface area is 137 Å². The summed E-state index contributed by atoms with van der Waals surface area (Å²) in [5, 5.41) is 7.40. The molecule has 1 N–H and O–H groups in total. The first-order valence-corrected chi connectivity index (χ1v) is 10.6. The van der Waals surface area contributed by atoms with Crippen LogP contribution in [0.15, 0.2) is 0 Å². The van der Waals surface area contributed by atoms with Gasteiger partial charge in [-0.05, 0) is 24.7 Å². The fraction of sp³-hybridized carbons (Fsp3) is 0.941. The lowest BCUT2D eigenvalue weighted by molar-refractivity contribution is 0.160. The van der Waals surface area contributed by atoms with Crippen LogP contribution in [0.4, 0.5) is 0 Å². The molecule has 0 aromatic carbocycles. The predicted octanol–water partition coefficient (Wildman–Crippen LogP) is 6.25. The summed E-state index contributed by atoms with van der Waals surface area (Å²) in [6.45, 7) is 9.43. The molecular formula is C17H36NO3P. The van der Waals surface area contributed by atoms with E-state index in [9.17, 15) is 4.57 Å². The van der Waals surface area contributed by atoms with E-state index in [1.807, 2.05) is 0 Å². The van der Waals surface area contributed by atoms with Crippen LogP contribution in [0.5, 0.6) is 0 Å². The third-order valence-corrected chi connectivity index (χ3v) is 5.56. The van der Waals surface area contributed by atoms with Crippen molar-refractivity contribution in [2.75, 3.05) is 13.2 Å². The molecule has 0 heterocycles. The molecule has 0 fully saturated rings. The Balaban J connectivity index is 4.32. The minimum Gasteiger partial charge on any atom is -0.304 e. The van der Waals surface area contributed by atoms with Crippen LogP contribution < -0.4 is 0 Å². The molecule has 0 aliphatic heterocycles. The van der Waals surface area contributed by atoms with Gasteiger partial charge in [0.2, 0.25) is 0 Å². The third kappa shape index (κ3) is 9.76. The van der Waals surface area contributed by atoms with Crippen molar-refractivity contribution in [3.05, 3.63) is 0 Å². The van der Waals surface area contributed by atoms with E-state index in [2.05, 4.69) is 27.7 Å². The summed E-state index contributed by atoms with van der Waals surface area (Å²) >= 11 is 0. The first-order valence-electron chi connectivity index (χ1n) is 8.95. The average molecular weight is 333 g/mol. The molecule has 0 saturated carbocycles. The number of unbranched alkanes of at least 4 members (excludes halogenated alkanes) is 2. The van der Waals surface area contributed by atoms with Crippen molar-refractivity contribution in [2.45, 2.75) is 79.1 Å². The van der Waals surface area contributed by atoms with E-state index >= 15 is 0 Å². The minimum atomic E-state index is -3.36. The second-order valence-corrected chi connectivity index (χ2v) is 7.95. The van der Waals surface area contributed by atoms with Crippen LogP contribution in [0.3, 0.4) is 0 Å². The summed E-state index contributed by atoms with van der Waals surface area (Å²) in [7, 11) is -3.36. The van der Waals surface area contributed by atoms with Crippen molar-refractivity contribution < 1.29 is 13.6 Å². The number of hydrogen-bond acceptors (Lipinski definition) is 4. The second-order valence-electron chi connectivity index (χ2n) is 6.09. The monoisotopic (exact) mass is 333 g/mol. The first kappa shape index (κ1) is 21.8. The van der Waals surface area contributed by atoms with E-state index in [4.69, 9.17) is 14.5 Å². The quantitative estimate of drug-likeness (QED) is 0.284. The second kappa shape index (κ2) is 13.3. The van der Waals surface area contributed by atoms with Gasteiger partial charge in [0.1, 0.15) is 5.96 Å². The maximum Gasteiger partial charge on any atom is 0.371 e. The summed E-state index contributed by atoms with van der Waals surface area (Å²) in [6.07, 6.45) is 8.81. The Morgan fingerprint density at radius 1 is 0.909 bits per heavy atom. The van der Waals surface area contributed by atoms with E-state index in [0.717, 1.165) is 57.3 Å². The molecule has 0 spiro atoms. The zero-order chi connectivity index (χ0) is 16.8. The van der Waals surface area contributed by atoms with Gasteiger partial charge >= 0.3 is 7.60 Å². The van der Waals surface area contributed by atoms with Gasteiger partial charge in [-0.2, -0.15) is 0 Å². The minimum absolute atomic E-state index is 0.402. The molecule has 0 rings (SSSR count). The molecule has 0 aliphatic rings. The topological polar surface area (TPSA) is 59.4 Å². The molecule has 0 bridgehead atoms. The van der Waals surface area contributed by atoms with E-state index in [1.165, 1.54) is 0 Å². The molecule has 0 aromatic heterocycles. The van der Waals surface area contributed by atoms with E-state index in [-0.39, 0.29) is 0 Å². The summed E-state index contributed by atoms with van der Waals surface area (Å²) < 4.78 is 23.5. The molecule has 0 aliphatic carbocycles. The highest BCUT2D eigenvalue weighted by Crippen LogP contribution is 2.46. The molecule has 4 nitrogen and oxygen atoms in total. The largest absolute Gasteiger partial charge is 0.371 e. The molecular weight excluding hydrogens is 297 g/mol. The lowest BCUT2D eigenvalue weighted by atomic mass is 10.0. The Kier molecular flexibility index (Phi) is 13.2. The molecule has 5 heteroatoms. The highest BCUT2D eigenvalue weighted by atomic mass is 31.2. The highest BCUT2D eigenvalue weighted by Gasteiger charge is 2.24. The number of hydrogen-bond donors (Lipinski definition) is 1. The summed E-state index contributed by atoms with van der Waals surface area (Å²) in [5.41, 5.74) is 0. The molecule has 0 saturated heterocycles. The van der Waals surface area contributed by atoms with E-state index in [0.29, 0.717) is 25.0 Å². The van der Waals surface area contributed by atoms with Crippen LogP contribution in [-0.2, 0) is 13.6 Å². The van der Waals surface area contributed by atoms with Crippen molar-refractivity contribution in [1.29, 1.82) is 5.41 Å². The van der Waals surface area contributed by atoms with Gasteiger partial charge in [-0.15, -0.1) is 0 Å². The smallest absolute Gasteiger partial charge is 0.304 e. The molecule has 132 valence electrons. The van der Waals surface area contributed by atoms with Crippen molar-refractivity contribution in [3.63, 3.8) is 0 Å². The van der Waals surface area contributed by atoms with Crippen LogP contribution >= 0.6 is 7.60 Å². The van der Waals surface area contributed by atoms with Gasteiger partial charge in [0, 0.05) is 0 Å². The fourth-order valence-corrected chi connectivity index (χ4v) is 3.39. The van der Waals surface area contributed by atoms with Crippen molar-refractivity contribution in [3.8, 4) is 0 Å². The van der Waals surface area contributed by atoms with Crippen LogP contribution in [-0.4, -0.2) is 19.2 Å². The van der Waals surface area contributed by atoms with Crippen LogP contribution in [0, 0.1) is 17.2 Å². The lowest BCUT2D eigenvalue weighted by Crippen LogP contribution is -2.12. The van der Waals surface area contributed by atoms with Gasteiger partial charge in [0.05, 0.1) is 13.2 Å². The van der Waals surface area contributed by atoms with Gasteiger partial charge in [-0.25, -0.2) is 0 Å². The normalized spacial score (nSPS) is 16.9. The maximum atomic E-state index is 12.5. The molecule has 2 atom stereocenters. The fourth-order valence-electron chi connectivity index (χ4n) is 2.33. The zero-order valence-corrected chi connectivity index (χ0v) is 15.9. The number of nitrogens with one attached hydrogen (secondary N) is 1. The standard InChI is InChI=1S/C17H36NO3P/c1-5-9-11-16(7-3)13-20-22(19,15-18)21-14-17(8-4)12-10-6-2/h15-18H,5-14H2,1-4H3. The third-order valence-electron chi connectivity index (χ3n) is 4.23. The van der Waals surface area contributed by atoms with Gasteiger partial charge < -0.3 is 14.5 Å². The van der Waals surface area contributed by atoms with Gasteiger partial charge in [0.15, 0.2) is 0 Å². The van der Waals surface area contributed by atoms with Crippen molar-refractivity contribution in [1.82, 2.24) is 0 Å². The summed E-state index contributed by atoms with van der Waals surface area (Å²) in [6, 6.07) is 0. The summed E-state index contributed by atoms with van der Waals surface area (Å²) in [4.78, 5) is 0. The first-order chi connectivity index (χ1) is 10.5. The predicted molar refractivity (Wildman–Crippen MR) is 94.9 cm³/mol. The van der Waals surface area contributed by atoms with Gasteiger partial charge in [0.25, 0.3) is 0 Å². The molecule has 22 heavy (non-hydrogen) atoms. The molecule has 2 unspecified atom stereocenters. The van der Waals surface area contributed by atoms with Crippen molar-refractivity contribution >= 4 is 13.6 Å². The molecule has 0 radical (unpaired) electrons. The van der Waals surface area contributed by atoms with Crippen LogP contribution in [0.1, 0.15) is 79.1 Å². The maximum absolute atomic E-state index is 12.5. The zero-order valence-electron chi connectivity index (χ0n) is 15.0. The van der Waals surface area contributed by atoms with E-state index in [1.54, 1.807) is 0 Å². The molecule has 0 amide bonds. The average Bonchev–Trinajstić information content (AvgIpc) is 2.55. The molecule has 0 aromatic rings. The lowest BCUT2D eigenvalue weighted by Gasteiger charge is -2.21. The van der Waals surface area contributed by atoms with Gasteiger partial charge in [-0.1, -0.05) is 66.2 Å². The Hall–Kier alpha value is -0.180. The van der Waals surface area contributed by atoms with E-state index < -0.39 is 7.60 Å². The highest BCUT2D eigenvalue weighted by molar-refractivity contribution is 7.69. The van der Waals surface area contributed by atoms with Crippen LogP contribution in [0.2, 0.25) is 0 Å². The van der Waals surface area contributed by atoms with Crippen molar-refractivity contribution in [2.24, 2.45) is 11.8 Å². The van der Waals surface area contributed by atoms with Crippen LogP contribution in [0.25, 0.3) is 0 Å². The summed E-state index contributed by atoms with van der Waals surface area (Å²) in [5.74, 6) is 1.67. The number of rotatable bonds is 15. The Bertz CT molecular complexity index is 299. The van der Waals surface area contributed by atoms with Gasteiger partial charge in [-0.3, -0.25) is 4.57 Å². The Morgan fingerprint density at radius 3 is 1.59 bits per heavy atom.